The van der Waals surface area contributed by atoms with E-state index in [-0.39, 0.29) is 24.2 Å². The van der Waals surface area contributed by atoms with E-state index in [2.05, 4.69) is 20.6 Å². The van der Waals surface area contributed by atoms with Gasteiger partial charge in [-0.05, 0) is 24.1 Å². The highest BCUT2D eigenvalue weighted by Crippen LogP contribution is 2.19. The van der Waals surface area contributed by atoms with Crippen LogP contribution < -0.4 is 10.1 Å². The van der Waals surface area contributed by atoms with E-state index in [1.165, 1.54) is 6.33 Å². The molecule has 2 aromatic heterocycles. The predicted octanol–water partition coefficient (Wildman–Crippen LogP) is 3.41. The first kappa shape index (κ1) is 19.4. The van der Waals surface area contributed by atoms with Crippen LogP contribution in [0.25, 0.3) is 0 Å². The molecule has 8 nitrogen and oxygen atoms in total. The van der Waals surface area contributed by atoms with Crippen molar-refractivity contribution < 1.29 is 14.1 Å². The maximum Gasteiger partial charge on any atom is 0.273 e. The minimum absolute atomic E-state index is 0.193. The van der Waals surface area contributed by atoms with Gasteiger partial charge in [0.05, 0.1) is 6.04 Å². The second-order valence-electron chi connectivity index (χ2n) is 6.66. The van der Waals surface area contributed by atoms with Gasteiger partial charge in [0.2, 0.25) is 0 Å². The van der Waals surface area contributed by atoms with E-state index < -0.39 is 0 Å². The Hall–Kier alpha value is -3.94. The standard InChI is InChI=1S/C22H21N5O3/c28-22(21-13-19(30-26-21)14-29-18-9-5-2-6-10-18)25-20(17-7-3-1-4-8-17)11-12-27-16-23-15-24-27/h1-10,13,15-16,20H,11-12,14H2,(H,25,28). The monoisotopic (exact) mass is 403 g/mol. The zero-order valence-corrected chi connectivity index (χ0v) is 16.2. The van der Waals surface area contributed by atoms with Gasteiger partial charge < -0.3 is 14.6 Å². The van der Waals surface area contributed by atoms with Gasteiger partial charge in [0.15, 0.2) is 11.5 Å². The fourth-order valence-corrected chi connectivity index (χ4v) is 3.01. The molecule has 1 unspecified atom stereocenters. The molecule has 0 radical (unpaired) electrons. The smallest absolute Gasteiger partial charge is 0.273 e. The third-order valence-corrected chi connectivity index (χ3v) is 4.54. The van der Waals surface area contributed by atoms with E-state index in [0.717, 1.165) is 11.3 Å². The fourth-order valence-electron chi connectivity index (χ4n) is 3.01. The summed E-state index contributed by atoms with van der Waals surface area (Å²) < 4.78 is 12.6. The van der Waals surface area contributed by atoms with Crippen LogP contribution in [-0.4, -0.2) is 25.8 Å². The number of nitrogens with one attached hydrogen (secondary N) is 1. The van der Waals surface area contributed by atoms with Crippen molar-refractivity contribution in [2.75, 3.05) is 0 Å². The Kier molecular flexibility index (Phi) is 6.14. The molecule has 0 saturated carbocycles. The Labute approximate surface area is 173 Å². The normalized spacial score (nSPS) is 11.7. The summed E-state index contributed by atoms with van der Waals surface area (Å²) >= 11 is 0. The molecule has 30 heavy (non-hydrogen) atoms. The number of aromatic nitrogens is 4. The summed E-state index contributed by atoms with van der Waals surface area (Å²) in [6.45, 7) is 0.813. The average molecular weight is 403 g/mol. The molecule has 4 aromatic rings. The van der Waals surface area contributed by atoms with Crippen LogP contribution >= 0.6 is 0 Å². The molecule has 0 aliphatic heterocycles. The molecule has 0 saturated heterocycles. The van der Waals surface area contributed by atoms with E-state index in [9.17, 15) is 4.79 Å². The van der Waals surface area contributed by atoms with Crippen molar-refractivity contribution in [2.45, 2.75) is 25.6 Å². The van der Waals surface area contributed by atoms with Crippen LogP contribution in [0.1, 0.15) is 34.3 Å². The molecule has 152 valence electrons. The predicted molar refractivity (Wildman–Crippen MR) is 109 cm³/mol. The quantitative estimate of drug-likeness (QED) is 0.460. The topological polar surface area (TPSA) is 95.1 Å². The number of amides is 1. The average Bonchev–Trinajstić information content (AvgIpc) is 3.49. The van der Waals surface area contributed by atoms with Gasteiger partial charge in [-0.2, -0.15) is 5.10 Å². The molecule has 0 aliphatic rings. The lowest BCUT2D eigenvalue weighted by atomic mass is 10.0. The number of ether oxygens (including phenoxy) is 1. The van der Waals surface area contributed by atoms with Crippen molar-refractivity contribution in [1.29, 1.82) is 0 Å². The number of hydrogen-bond acceptors (Lipinski definition) is 6. The van der Waals surface area contributed by atoms with Crippen LogP contribution in [0.2, 0.25) is 0 Å². The highest BCUT2D eigenvalue weighted by Gasteiger charge is 2.19. The molecule has 0 aliphatic carbocycles. The van der Waals surface area contributed by atoms with Crippen LogP contribution in [0.5, 0.6) is 5.75 Å². The van der Waals surface area contributed by atoms with E-state index in [0.29, 0.717) is 18.7 Å². The van der Waals surface area contributed by atoms with Crippen molar-refractivity contribution in [3.8, 4) is 5.75 Å². The molecule has 1 amide bonds. The minimum atomic E-state index is -0.308. The van der Waals surface area contributed by atoms with E-state index >= 15 is 0 Å². The Morgan fingerprint density at radius 1 is 1.10 bits per heavy atom. The first-order chi connectivity index (χ1) is 14.8. The first-order valence-electron chi connectivity index (χ1n) is 9.59. The van der Waals surface area contributed by atoms with Gasteiger partial charge in [0, 0.05) is 12.6 Å². The molecule has 0 bridgehead atoms. The molecule has 1 N–H and O–H groups in total. The summed E-state index contributed by atoms with van der Waals surface area (Å²) in [4.78, 5) is 16.7. The van der Waals surface area contributed by atoms with Crippen molar-refractivity contribution >= 4 is 5.91 Å². The lowest BCUT2D eigenvalue weighted by Gasteiger charge is -2.18. The zero-order valence-electron chi connectivity index (χ0n) is 16.2. The Balaban J connectivity index is 1.40. The third kappa shape index (κ3) is 5.11. The largest absolute Gasteiger partial charge is 0.486 e. The summed E-state index contributed by atoms with van der Waals surface area (Å²) in [6.07, 6.45) is 3.80. The van der Waals surface area contributed by atoms with Crippen LogP contribution in [0.15, 0.2) is 83.9 Å². The number of hydrogen-bond donors (Lipinski definition) is 1. The number of para-hydroxylation sites is 1. The maximum absolute atomic E-state index is 12.8. The molecule has 1 atom stereocenters. The van der Waals surface area contributed by atoms with Crippen molar-refractivity contribution in [3.63, 3.8) is 0 Å². The number of aryl methyl sites for hydroxylation is 1. The summed E-state index contributed by atoms with van der Waals surface area (Å²) in [6, 6.07) is 20.6. The lowest BCUT2D eigenvalue weighted by Crippen LogP contribution is -2.29. The molecule has 2 heterocycles. The van der Waals surface area contributed by atoms with E-state index in [4.69, 9.17) is 9.26 Å². The van der Waals surface area contributed by atoms with Crippen molar-refractivity contribution in [1.82, 2.24) is 25.2 Å². The highest BCUT2D eigenvalue weighted by molar-refractivity contribution is 5.92. The molecular formula is C22H21N5O3. The molecule has 0 spiro atoms. The van der Waals surface area contributed by atoms with Gasteiger partial charge >= 0.3 is 0 Å². The molecular weight excluding hydrogens is 382 g/mol. The Morgan fingerprint density at radius 3 is 2.60 bits per heavy atom. The number of carbonyl (C=O) groups excluding carboxylic acids is 1. The van der Waals surface area contributed by atoms with E-state index in [1.54, 1.807) is 17.1 Å². The first-order valence-corrected chi connectivity index (χ1v) is 9.59. The summed E-state index contributed by atoms with van der Waals surface area (Å²) in [5.74, 6) is 0.886. The Bertz CT molecular complexity index is 1050. The molecule has 8 heteroatoms. The second-order valence-corrected chi connectivity index (χ2v) is 6.66. The van der Waals surface area contributed by atoms with Gasteiger partial charge in [0.25, 0.3) is 5.91 Å². The summed E-state index contributed by atoms with van der Waals surface area (Å²) in [7, 11) is 0. The van der Waals surface area contributed by atoms with Gasteiger partial charge in [-0.15, -0.1) is 0 Å². The fraction of sp³-hybridized carbons (Fsp3) is 0.182. The molecule has 0 fully saturated rings. The van der Waals surface area contributed by atoms with Gasteiger partial charge in [-0.1, -0.05) is 53.7 Å². The summed E-state index contributed by atoms with van der Waals surface area (Å²) in [5, 5.41) is 11.0. The van der Waals surface area contributed by atoms with Crippen molar-refractivity contribution in [3.05, 3.63) is 96.4 Å². The van der Waals surface area contributed by atoms with Crippen molar-refractivity contribution in [2.24, 2.45) is 0 Å². The maximum atomic E-state index is 12.8. The van der Waals surface area contributed by atoms with E-state index in [1.807, 2.05) is 60.7 Å². The molecule has 2 aromatic carbocycles. The van der Waals surface area contributed by atoms with Gasteiger partial charge in [0.1, 0.15) is 25.0 Å². The van der Waals surface area contributed by atoms with Crippen LogP contribution in [-0.2, 0) is 13.2 Å². The zero-order chi connectivity index (χ0) is 20.6. The SMILES string of the molecule is O=C(NC(CCn1cncn1)c1ccccc1)c1cc(COc2ccccc2)on1. The number of nitrogens with zero attached hydrogens (tertiary/aromatic N) is 4. The number of carbonyl (C=O) groups is 1. The van der Waals surface area contributed by atoms with Crippen LogP contribution in [0.3, 0.4) is 0 Å². The second kappa shape index (κ2) is 9.51. The number of rotatable bonds is 9. The van der Waals surface area contributed by atoms with Crippen LogP contribution in [0.4, 0.5) is 0 Å². The third-order valence-electron chi connectivity index (χ3n) is 4.54. The highest BCUT2D eigenvalue weighted by atomic mass is 16.5. The number of benzene rings is 2. The lowest BCUT2D eigenvalue weighted by molar-refractivity contribution is 0.0923. The Morgan fingerprint density at radius 2 is 1.87 bits per heavy atom. The minimum Gasteiger partial charge on any atom is -0.486 e. The van der Waals surface area contributed by atoms with Gasteiger partial charge in [-0.3, -0.25) is 9.48 Å². The van der Waals surface area contributed by atoms with Gasteiger partial charge in [-0.25, -0.2) is 4.98 Å². The van der Waals surface area contributed by atoms with Crippen LogP contribution in [0, 0.1) is 0 Å². The molecule has 4 rings (SSSR count). The summed E-state index contributed by atoms with van der Waals surface area (Å²) in [5.41, 5.74) is 1.21.